The SMILES string of the molecule is COC(=O)[C@@H]1[C@H]2c3ccccc3O[C@@]1(C)N=c1s/c(=C\c3scnc3C)c(=O)n12. The highest BCUT2D eigenvalue weighted by Gasteiger charge is 2.55. The molecule has 3 aromatic rings. The van der Waals surface area contributed by atoms with Gasteiger partial charge in [-0.1, -0.05) is 29.5 Å². The van der Waals surface area contributed by atoms with Gasteiger partial charge in [0.1, 0.15) is 11.7 Å². The summed E-state index contributed by atoms with van der Waals surface area (Å²) in [6, 6.07) is 6.90. The van der Waals surface area contributed by atoms with Gasteiger partial charge in [0.05, 0.1) is 33.8 Å². The van der Waals surface area contributed by atoms with Crippen LogP contribution in [-0.2, 0) is 9.53 Å². The van der Waals surface area contributed by atoms with Crippen molar-refractivity contribution in [1.82, 2.24) is 9.55 Å². The monoisotopic (exact) mass is 427 g/mol. The predicted molar refractivity (Wildman–Crippen MR) is 109 cm³/mol. The van der Waals surface area contributed by atoms with Gasteiger partial charge < -0.3 is 9.47 Å². The number of aryl methyl sites for hydroxylation is 1. The summed E-state index contributed by atoms with van der Waals surface area (Å²) < 4.78 is 13.4. The van der Waals surface area contributed by atoms with Gasteiger partial charge in [-0.2, -0.15) is 0 Å². The van der Waals surface area contributed by atoms with Crippen LogP contribution >= 0.6 is 22.7 Å². The topological polar surface area (TPSA) is 82.8 Å². The summed E-state index contributed by atoms with van der Waals surface area (Å²) in [5.74, 6) is -0.597. The largest absolute Gasteiger partial charge is 0.469 e. The molecule has 2 aromatic heterocycles. The third-order valence-electron chi connectivity index (χ3n) is 5.38. The summed E-state index contributed by atoms with van der Waals surface area (Å²) in [5, 5.41) is 0. The standard InChI is InChI=1S/C20H17N3O4S2/c1-10-13(28-9-21-10)8-14-17(24)23-16-11-6-4-5-7-12(11)27-20(2,22-19(23)29-14)15(16)18(25)26-3/h4-9,15-16H,1-3H3/b14-8-/t15-,16+,20+/m0/s1. The van der Waals surface area contributed by atoms with E-state index in [1.807, 2.05) is 37.3 Å². The molecule has 0 amide bonds. The molecular weight excluding hydrogens is 410 g/mol. The molecule has 3 atom stereocenters. The molecule has 148 valence electrons. The van der Waals surface area contributed by atoms with Crippen LogP contribution in [0.15, 0.2) is 39.6 Å². The number of thiazole rings is 2. The Kier molecular flexibility index (Phi) is 4.01. The zero-order valence-corrected chi connectivity index (χ0v) is 17.5. The van der Waals surface area contributed by atoms with Crippen molar-refractivity contribution in [3.8, 4) is 5.75 Å². The second-order valence-corrected chi connectivity index (χ2v) is 9.02. The van der Waals surface area contributed by atoms with E-state index in [2.05, 4.69) is 4.98 Å². The van der Waals surface area contributed by atoms with E-state index in [9.17, 15) is 9.59 Å². The van der Waals surface area contributed by atoms with E-state index < -0.39 is 23.7 Å². The molecule has 0 fully saturated rings. The second-order valence-electron chi connectivity index (χ2n) is 7.12. The fraction of sp³-hybridized carbons (Fsp3) is 0.300. The summed E-state index contributed by atoms with van der Waals surface area (Å²) in [6.45, 7) is 3.67. The zero-order chi connectivity index (χ0) is 20.3. The highest BCUT2D eigenvalue weighted by molar-refractivity contribution is 7.11. The quantitative estimate of drug-likeness (QED) is 0.581. The number of ether oxygens (including phenoxy) is 2. The van der Waals surface area contributed by atoms with Gasteiger partial charge in [-0.25, -0.2) is 9.98 Å². The van der Waals surface area contributed by atoms with Crippen LogP contribution in [0.1, 0.15) is 29.1 Å². The van der Waals surface area contributed by atoms with Crippen LogP contribution in [0.2, 0.25) is 0 Å². The van der Waals surface area contributed by atoms with Crippen LogP contribution < -0.4 is 19.6 Å². The number of carbonyl (C=O) groups excluding carboxylic acids is 1. The molecule has 0 N–H and O–H groups in total. The number of rotatable bonds is 2. The number of carbonyl (C=O) groups is 1. The van der Waals surface area contributed by atoms with Gasteiger partial charge in [0.2, 0.25) is 5.72 Å². The van der Waals surface area contributed by atoms with E-state index in [0.717, 1.165) is 16.1 Å². The molecule has 5 rings (SSSR count). The van der Waals surface area contributed by atoms with Crippen LogP contribution in [0.5, 0.6) is 5.75 Å². The molecule has 0 saturated carbocycles. The first-order chi connectivity index (χ1) is 13.9. The summed E-state index contributed by atoms with van der Waals surface area (Å²) >= 11 is 2.77. The highest BCUT2D eigenvalue weighted by Crippen LogP contribution is 2.47. The lowest BCUT2D eigenvalue weighted by atomic mass is 9.81. The molecule has 29 heavy (non-hydrogen) atoms. The van der Waals surface area contributed by atoms with Crippen LogP contribution in [0.4, 0.5) is 0 Å². The molecule has 4 heterocycles. The van der Waals surface area contributed by atoms with Crippen LogP contribution in [0.25, 0.3) is 6.08 Å². The second kappa shape index (κ2) is 6.36. The average molecular weight is 428 g/mol. The lowest BCUT2D eigenvalue weighted by Gasteiger charge is -2.44. The van der Waals surface area contributed by atoms with Crippen molar-refractivity contribution in [3.05, 3.63) is 65.6 Å². The molecule has 0 spiro atoms. The molecule has 0 radical (unpaired) electrons. The van der Waals surface area contributed by atoms with Gasteiger partial charge in [-0.15, -0.1) is 11.3 Å². The minimum absolute atomic E-state index is 0.181. The molecule has 1 aromatic carbocycles. The van der Waals surface area contributed by atoms with E-state index in [1.54, 1.807) is 17.0 Å². The Bertz CT molecular complexity index is 1320. The number of esters is 1. The third-order valence-corrected chi connectivity index (χ3v) is 7.24. The molecular formula is C20H17N3O4S2. The Morgan fingerprint density at radius 1 is 1.38 bits per heavy atom. The van der Waals surface area contributed by atoms with Crippen molar-refractivity contribution in [2.24, 2.45) is 10.9 Å². The first-order valence-electron chi connectivity index (χ1n) is 9.02. The van der Waals surface area contributed by atoms with Crippen molar-refractivity contribution in [2.75, 3.05) is 7.11 Å². The van der Waals surface area contributed by atoms with E-state index in [4.69, 9.17) is 14.5 Å². The minimum atomic E-state index is -1.15. The van der Waals surface area contributed by atoms with Gasteiger partial charge >= 0.3 is 5.97 Å². The minimum Gasteiger partial charge on any atom is -0.469 e. The average Bonchev–Trinajstić information content (AvgIpc) is 3.23. The van der Waals surface area contributed by atoms with Gasteiger partial charge in [0.15, 0.2) is 4.80 Å². The maximum atomic E-state index is 13.4. The maximum Gasteiger partial charge on any atom is 0.317 e. The van der Waals surface area contributed by atoms with Crippen LogP contribution in [0, 0.1) is 12.8 Å². The Morgan fingerprint density at radius 3 is 2.90 bits per heavy atom. The highest BCUT2D eigenvalue weighted by atomic mass is 32.1. The summed E-state index contributed by atoms with van der Waals surface area (Å²) in [7, 11) is 1.34. The van der Waals surface area contributed by atoms with Gasteiger partial charge in [-0.05, 0) is 26.0 Å². The first kappa shape index (κ1) is 18.3. The molecule has 2 aliphatic rings. The first-order valence-corrected chi connectivity index (χ1v) is 10.7. The Labute approximate surface area is 173 Å². The fourth-order valence-electron chi connectivity index (χ4n) is 4.00. The molecule has 0 unspecified atom stereocenters. The van der Waals surface area contributed by atoms with E-state index >= 15 is 0 Å². The fourth-order valence-corrected chi connectivity index (χ4v) is 5.89. The lowest BCUT2D eigenvalue weighted by Crippen LogP contribution is -2.58. The third kappa shape index (κ3) is 2.61. The Hall–Kier alpha value is -2.78. The van der Waals surface area contributed by atoms with E-state index in [0.29, 0.717) is 15.1 Å². The lowest BCUT2D eigenvalue weighted by molar-refractivity contribution is -0.158. The number of hydrogen-bond donors (Lipinski definition) is 0. The summed E-state index contributed by atoms with van der Waals surface area (Å²) in [4.78, 5) is 36.5. The van der Waals surface area contributed by atoms with Crippen molar-refractivity contribution in [1.29, 1.82) is 0 Å². The molecule has 0 saturated heterocycles. The Morgan fingerprint density at radius 2 is 2.17 bits per heavy atom. The van der Waals surface area contributed by atoms with Gasteiger partial charge in [0, 0.05) is 5.56 Å². The zero-order valence-electron chi connectivity index (χ0n) is 15.9. The predicted octanol–water partition coefficient (Wildman–Crippen LogP) is 1.62. The number of aromatic nitrogens is 2. The smallest absolute Gasteiger partial charge is 0.317 e. The number of para-hydroxylation sites is 1. The molecule has 9 heteroatoms. The van der Waals surface area contributed by atoms with E-state index in [-0.39, 0.29) is 5.56 Å². The number of hydrogen-bond acceptors (Lipinski definition) is 8. The van der Waals surface area contributed by atoms with Crippen molar-refractivity contribution in [3.63, 3.8) is 0 Å². The molecule has 0 aliphatic carbocycles. The number of methoxy groups -OCH3 is 1. The molecule has 2 bridgehead atoms. The van der Waals surface area contributed by atoms with Gasteiger partial charge in [-0.3, -0.25) is 14.2 Å². The molecule has 7 nitrogen and oxygen atoms in total. The Balaban J connectivity index is 1.82. The van der Waals surface area contributed by atoms with E-state index in [1.165, 1.54) is 29.8 Å². The summed E-state index contributed by atoms with van der Waals surface area (Å²) in [5.41, 5.74) is 2.06. The number of benzene rings is 1. The normalized spacial score (nSPS) is 24.9. The number of fused-ring (bicyclic) bond motifs is 6. The number of nitrogens with zero attached hydrogens (tertiary/aromatic N) is 3. The summed E-state index contributed by atoms with van der Waals surface area (Å²) in [6.07, 6.45) is 1.84. The van der Waals surface area contributed by atoms with Crippen molar-refractivity contribution in [2.45, 2.75) is 25.6 Å². The van der Waals surface area contributed by atoms with Crippen molar-refractivity contribution >= 4 is 34.7 Å². The van der Waals surface area contributed by atoms with Crippen LogP contribution in [-0.4, -0.2) is 28.4 Å². The maximum absolute atomic E-state index is 13.4. The van der Waals surface area contributed by atoms with Gasteiger partial charge in [0.25, 0.3) is 5.56 Å². The molecule has 2 aliphatic heterocycles. The van der Waals surface area contributed by atoms with Crippen molar-refractivity contribution < 1.29 is 14.3 Å². The van der Waals surface area contributed by atoms with Crippen LogP contribution in [0.3, 0.4) is 0 Å².